The molecular weight excluding hydrogens is 266 g/mol. The molecule has 1 aliphatic carbocycles. The number of rotatable bonds is 4. The van der Waals surface area contributed by atoms with Crippen LogP contribution in [0, 0.1) is 5.92 Å². The summed E-state index contributed by atoms with van der Waals surface area (Å²) < 4.78 is 1.57. The molecule has 0 bridgehead atoms. The van der Waals surface area contributed by atoms with Crippen molar-refractivity contribution >= 4 is 16.8 Å². The van der Waals surface area contributed by atoms with Crippen LogP contribution in [0.3, 0.4) is 0 Å². The number of hydrogen-bond donors (Lipinski definition) is 1. The van der Waals surface area contributed by atoms with E-state index in [0.717, 1.165) is 19.3 Å². The van der Waals surface area contributed by atoms with E-state index in [0.29, 0.717) is 29.7 Å². The van der Waals surface area contributed by atoms with Gasteiger partial charge in [0.25, 0.3) is 5.56 Å². The Morgan fingerprint density at radius 1 is 1.38 bits per heavy atom. The average Bonchev–Trinajstić information content (AvgIpc) is 2.42. The number of nitrogens with zero attached hydrogens (tertiary/aromatic N) is 2. The highest BCUT2D eigenvalue weighted by Crippen LogP contribution is 2.26. The number of para-hydroxylation sites is 1. The Kier molecular flexibility index (Phi) is 3.73. The predicted molar refractivity (Wildman–Crippen MR) is 81.0 cm³/mol. The lowest BCUT2D eigenvalue weighted by atomic mass is 9.85. The van der Waals surface area contributed by atoms with Gasteiger partial charge in [0.05, 0.1) is 10.9 Å². The third-order valence-corrected chi connectivity index (χ3v) is 4.20. The molecule has 1 saturated carbocycles. The minimum absolute atomic E-state index is 0.0408. The summed E-state index contributed by atoms with van der Waals surface area (Å²) in [7, 11) is 1.73. The van der Waals surface area contributed by atoms with Crippen LogP contribution < -0.4 is 10.9 Å². The lowest BCUT2D eigenvalue weighted by Gasteiger charge is -2.24. The topological polar surface area (TPSA) is 64.0 Å². The molecule has 1 N–H and O–H groups in total. The molecule has 0 saturated heterocycles. The van der Waals surface area contributed by atoms with Gasteiger partial charge in [0.1, 0.15) is 5.82 Å². The van der Waals surface area contributed by atoms with Gasteiger partial charge in [0.2, 0.25) is 5.91 Å². The molecule has 0 spiro atoms. The van der Waals surface area contributed by atoms with E-state index in [4.69, 9.17) is 0 Å². The van der Waals surface area contributed by atoms with Crippen molar-refractivity contribution in [3.8, 4) is 0 Å². The number of amides is 1. The molecule has 0 radical (unpaired) electrons. The summed E-state index contributed by atoms with van der Waals surface area (Å²) in [6.07, 6.45) is 3.71. The number of hydrogen-bond acceptors (Lipinski definition) is 3. The fraction of sp³-hybridized carbons (Fsp3) is 0.438. The van der Waals surface area contributed by atoms with Crippen LogP contribution in [0.2, 0.25) is 0 Å². The Morgan fingerprint density at radius 3 is 2.86 bits per heavy atom. The van der Waals surface area contributed by atoms with Crippen LogP contribution >= 0.6 is 0 Å². The normalized spacial score (nSPS) is 14.9. The van der Waals surface area contributed by atoms with E-state index in [1.54, 1.807) is 17.7 Å². The van der Waals surface area contributed by atoms with Gasteiger partial charge in [-0.1, -0.05) is 18.6 Å². The van der Waals surface area contributed by atoms with Crippen LogP contribution in [-0.4, -0.2) is 22.0 Å². The second kappa shape index (κ2) is 5.68. The Bertz CT molecular complexity index is 732. The monoisotopic (exact) mass is 285 g/mol. The smallest absolute Gasteiger partial charge is 0.261 e. The van der Waals surface area contributed by atoms with Crippen molar-refractivity contribution in [1.82, 2.24) is 14.9 Å². The van der Waals surface area contributed by atoms with Gasteiger partial charge < -0.3 is 5.32 Å². The summed E-state index contributed by atoms with van der Waals surface area (Å²) in [4.78, 5) is 28.5. The average molecular weight is 285 g/mol. The van der Waals surface area contributed by atoms with Crippen LogP contribution in [0.1, 0.15) is 25.1 Å². The van der Waals surface area contributed by atoms with Gasteiger partial charge in [0, 0.05) is 25.9 Å². The lowest BCUT2D eigenvalue weighted by Crippen LogP contribution is -2.36. The largest absolute Gasteiger partial charge is 0.355 e. The molecule has 5 nitrogen and oxygen atoms in total. The van der Waals surface area contributed by atoms with Gasteiger partial charge in [-0.25, -0.2) is 4.98 Å². The van der Waals surface area contributed by atoms with Crippen molar-refractivity contribution in [3.63, 3.8) is 0 Å². The molecule has 0 aliphatic heterocycles. The molecule has 0 unspecified atom stereocenters. The molecule has 1 aromatic heterocycles. The fourth-order valence-electron chi connectivity index (χ4n) is 2.60. The quantitative estimate of drug-likeness (QED) is 0.923. The summed E-state index contributed by atoms with van der Waals surface area (Å²) in [6.45, 7) is 0.522. The summed E-state index contributed by atoms with van der Waals surface area (Å²) >= 11 is 0. The Hall–Kier alpha value is -2.17. The first-order valence-electron chi connectivity index (χ1n) is 7.39. The standard InChI is InChI=1S/C16H19N3O2/c1-19-14(9-10-17-15(20)11-5-4-6-11)18-13-8-3-2-7-12(13)16(19)21/h2-3,7-8,11H,4-6,9-10H2,1H3,(H,17,20). The Morgan fingerprint density at radius 2 is 2.14 bits per heavy atom. The zero-order valence-corrected chi connectivity index (χ0v) is 12.1. The highest BCUT2D eigenvalue weighted by Gasteiger charge is 2.24. The van der Waals surface area contributed by atoms with E-state index in [9.17, 15) is 9.59 Å². The van der Waals surface area contributed by atoms with Gasteiger partial charge in [-0.05, 0) is 25.0 Å². The third-order valence-electron chi connectivity index (χ3n) is 4.20. The zero-order valence-electron chi connectivity index (χ0n) is 12.1. The van der Waals surface area contributed by atoms with Gasteiger partial charge in [-0.15, -0.1) is 0 Å². The molecule has 1 aromatic carbocycles. The predicted octanol–water partition coefficient (Wildman–Crippen LogP) is 1.39. The number of carbonyl (C=O) groups excluding carboxylic acids is 1. The van der Waals surface area contributed by atoms with E-state index in [2.05, 4.69) is 10.3 Å². The number of nitrogens with one attached hydrogen (secondary N) is 1. The molecule has 1 heterocycles. The maximum atomic E-state index is 12.2. The van der Waals surface area contributed by atoms with E-state index in [1.807, 2.05) is 18.2 Å². The molecule has 3 rings (SSSR count). The zero-order chi connectivity index (χ0) is 14.8. The third kappa shape index (κ3) is 2.68. The number of aromatic nitrogens is 2. The van der Waals surface area contributed by atoms with Gasteiger partial charge >= 0.3 is 0 Å². The van der Waals surface area contributed by atoms with Gasteiger partial charge in [-0.2, -0.15) is 0 Å². The Balaban J connectivity index is 1.73. The molecule has 0 atom stereocenters. The number of fused-ring (bicyclic) bond motifs is 1. The first-order chi connectivity index (χ1) is 10.2. The summed E-state index contributed by atoms with van der Waals surface area (Å²) in [6, 6.07) is 7.33. The van der Waals surface area contributed by atoms with Gasteiger partial charge in [0.15, 0.2) is 0 Å². The fourth-order valence-corrected chi connectivity index (χ4v) is 2.60. The molecule has 1 amide bonds. The minimum atomic E-state index is -0.0408. The van der Waals surface area contributed by atoms with Crippen molar-refractivity contribution in [2.24, 2.45) is 13.0 Å². The first-order valence-corrected chi connectivity index (χ1v) is 7.39. The molecule has 21 heavy (non-hydrogen) atoms. The SMILES string of the molecule is Cn1c(CCNC(=O)C2CCC2)nc2ccccc2c1=O. The second-order valence-corrected chi connectivity index (χ2v) is 5.58. The van der Waals surface area contributed by atoms with Crippen LogP contribution in [0.5, 0.6) is 0 Å². The van der Waals surface area contributed by atoms with Crippen molar-refractivity contribution < 1.29 is 4.79 Å². The number of carbonyl (C=O) groups is 1. The van der Waals surface area contributed by atoms with E-state index >= 15 is 0 Å². The summed E-state index contributed by atoms with van der Waals surface area (Å²) in [5, 5.41) is 3.56. The van der Waals surface area contributed by atoms with E-state index in [-0.39, 0.29) is 17.4 Å². The van der Waals surface area contributed by atoms with Crippen molar-refractivity contribution in [1.29, 1.82) is 0 Å². The van der Waals surface area contributed by atoms with Crippen LogP contribution in [0.15, 0.2) is 29.1 Å². The van der Waals surface area contributed by atoms with E-state index < -0.39 is 0 Å². The van der Waals surface area contributed by atoms with Crippen LogP contribution in [0.4, 0.5) is 0 Å². The van der Waals surface area contributed by atoms with Gasteiger partial charge in [-0.3, -0.25) is 14.2 Å². The summed E-state index contributed by atoms with van der Waals surface area (Å²) in [5.41, 5.74) is 0.668. The highest BCUT2D eigenvalue weighted by molar-refractivity contribution is 5.79. The first kappa shape index (κ1) is 13.8. The van der Waals surface area contributed by atoms with Crippen LogP contribution in [-0.2, 0) is 18.3 Å². The Labute approximate surface area is 123 Å². The maximum Gasteiger partial charge on any atom is 0.261 e. The summed E-state index contributed by atoms with van der Waals surface area (Å²) in [5.74, 6) is 1.03. The molecule has 1 aliphatic rings. The molecule has 2 aromatic rings. The van der Waals surface area contributed by atoms with Crippen molar-refractivity contribution in [3.05, 3.63) is 40.4 Å². The molecule has 110 valence electrons. The van der Waals surface area contributed by atoms with Crippen molar-refractivity contribution in [2.45, 2.75) is 25.7 Å². The highest BCUT2D eigenvalue weighted by atomic mass is 16.2. The van der Waals surface area contributed by atoms with Crippen molar-refractivity contribution in [2.75, 3.05) is 6.54 Å². The van der Waals surface area contributed by atoms with E-state index in [1.165, 1.54) is 0 Å². The molecular formula is C16H19N3O2. The molecule has 1 fully saturated rings. The molecule has 5 heteroatoms. The second-order valence-electron chi connectivity index (χ2n) is 5.58. The minimum Gasteiger partial charge on any atom is -0.355 e. The lowest BCUT2D eigenvalue weighted by molar-refractivity contribution is -0.127. The number of benzene rings is 1. The maximum absolute atomic E-state index is 12.2. The van der Waals surface area contributed by atoms with Crippen LogP contribution in [0.25, 0.3) is 10.9 Å².